The Kier molecular flexibility index (Phi) is 7.23. The molecule has 0 spiro atoms. The van der Waals surface area contributed by atoms with Crippen LogP contribution in [-0.2, 0) is 20.3 Å². The normalized spacial score (nSPS) is 25.9. The summed E-state index contributed by atoms with van der Waals surface area (Å²) in [6.07, 6.45) is 2.39. The molecule has 0 saturated carbocycles. The SMILES string of the molecule is C#Cc1cnc(O[C@H]2C[C@@H](C(=O)O)N(c3nc(C(F)F)nc4c3oc3ccccc34)C2)c([C@@]2(F)CC(C)(C)S(=O)(=O)C[C@@H]2C)c1. The largest absolute Gasteiger partial charge is 0.480 e. The third-order valence-electron chi connectivity index (χ3n) is 8.75. The molecule has 0 unspecified atom stereocenters. The van der Waals surface area contributed by atoms with E-state index in [-0.39, 0.29) is 53.3 Å². The first kappa shape index (κ1) is 30.6. The van der Waals surface area contributed by atoms with Gasteiger partial charge in [0.2, 0.25) is 5.88 Å². The van der Waals surface area contributed by atoms with Crippen molar-refractivity contribution in [3.63, 3.8) is 0 Å². The van der Waals surface area contributed by atoms with Gasteiger partial charge in [0.15, 0.2) is 27.1 Å². The van der Waals surface area contributed by atoms with Crippen LogP contribution in [0.4, 0.5) is 19.0 Å². The van der Waals surface area contributed by atoms with Gasteiger partial charge in [0, 0.05) is 35.9 Å². The number of rotatable bonds is 6. The van der Waals surface area contributed by atoms with Crippen molar-refractivity contribution in [3.8, 4) is 18.2 Å². The first-order chi connectivity index (χ1) is 21.1. The molecule has 1 aromatic carbocycles. The molecular weight excluding hydrogens is 613 g/mol. The Bertz CT molecular complexity index is 1990. The molecule has 2 aliphatic rings. The van der Waals surface area contributed by atoms with Gasteiger partial charge in [-0.05, 0) is 32.0 Å². The lowest BCUT2D eigenvalue weighted by Gasteiger charge is -2.44. The van der Waals surface area contributed by atoms with Crippen LogP contribution < -0.4 is 9.64 Å². The lowest BCUT2D eigenvalue weighted by Crippen LogP contribution is -2.51. The summed E-state index contributed by atoms with van der Waals surface area (Å²) in [5.41, 5.74) is -1.50. The number of benzene rings is 1. The van der Waals surface area contributed by atoms with E-state index in [4.69, 9.17) is 15.6 Å². The second-order valence-electron chi connectivity index (χ2n) is 12.2. The number of hydrogen-bond donors (Lipinski definition) is 1. The number of fused-ring (bicyclic) bond motifs is 3. The predicted octanol–water partition coefficient (Wildman–Crippen LogP) is 5.20. The van der Waals surface area contributed by atoms with E-state index in [1.165, 1.54) is 37.9 Å². The molecule has 6 rings (SSSR count). The Balaban J connectivity index is 1.41. The van der Waals surface area contributed by atoms with Gasteiger partial charge in [0.1, 0.15) is 28.9 Å². The van der Waals surface area contributed by atoms with Gasteiger partial charge in [-0.25, -0.2) is 41.3 Å². The van der Waals surface area contributed by atoms with Crippen LogP contribution in [-0.4, -0.2) is 63.6 Å². The fraction of sp³-hybridized carbons (Fsp3) is 0.419. The minimum Gasteiger partial charge on any atom is -0.480 e. The van der Waals surface area contributed by atoms with E-state index in [2.05, 4.69) is 20.9 Å². The molecule has 2 saturated heterocycles. The van der Waals surface area contributed by atoms with Gasteiger partial charge in [-0.15, -0.1) is 6.42 Å². The second kappa shape index (κ2) is 10.6. The minimum absolute atomic E-state index is 0.0341. The smallest absolute Gasteiger partial charge is 0.326 e. The first-order valence-corrected chi connectivity index (χ1v) is 15.8. The van der Waals surface area contributed by atoms with Gasteiger partial charge >= 0.3 is 5.97 Å². The number of pyridine rings is 1. The van der Waals surface area contributed by atoms with Crippen LogP contribution in [0.2, 0.25) is 0 Å². The minimum atomic E-state index is -3.62. The van der Waals surface area contributed by atoms with E-state index in [0.29, 0.717) is 11.0 Å². The number of furan rings is 1. The molecular formula is C31H29F3N4O6S. The average Bonchev–Trinajstić information content (AvgIpc) is 3.57. The van der Waals surface area contributed by atoms with Crippen LogP contribution in [0.3, 0.4) is 0 Å². The van der Waals surface area contributed by atoms with E-state index in [1.807, 2.05) is 0 Å². The van der Waals surface area contributed by atoms with Crippen molar-refractivity contribution in [1.29, 1.82) is 0 Å². The number of para-hydroxylation sites is 1. The van der Waals surface area contributed by atoms with E-state index < -0.39 is 62.3 Å². The Morgan fingerprint density at radius 2 is 2.00 bits per heavy atom. The lowest BCUT2D eigenvalue weighted by atomic mass is 9.78. The zero-order valence-corrected chi connectivity index (χ0v) is 25.3. The van der Waals surface area contributed by atoms with Crippen molar-refractivity contribution < 1.29 is 40.6 Å². The molecule has 5 heterocycles. The topological polar surface area (TPSA) is 136 Å². The number of nitrogens with zero attached hydrogens (tertiary/aromatic N) is 4. The highest BCUT2D eigenvalue weighted by Crippen LogP contribution is 2.51. The third kappa shape index (κ3) is 5.03. The quantitative estimate of drug-likeness (QED) is 0.280. The summed E-state index contributed by atoms with van der Waals surface area (Å²) in [7, 11) is -3.62. The predicted molar refractivity (Wildman–Crippen MR) is 159 cm³/mol. The molecule has 236 valence electrons. The van der Waals surface area contributed by atoms with Crippen molar-refractivity contribution in [2.75, 3.05) is 17.2 Å². The van der Waals surface area contributed by atoms with Crippen molar-refractivity contribution in [2.45, 2.75) is 62.6 Å². The highest BCUT2D eigenvalue weighted by atomic mass is 32.2. The Morgan fingerprint density at radius 1 is 1.27 bits per heavy atom. The number of halogens is 3. The Morgan fingerprint density at radius 3 is 2.69 bits per heavy atom. The number of carboxylic acid groups (broad SMARTS) is 1. The fourth-order valence-electron chi connectivity index (χ4n) is 6.27. The number of alkyl halides is 3. The molecule has 0 bridgehead atoms. The number of aliphatic carboxylic acids is 1. The number of terminal acetylenes is 1. The number of carbonyl (C=O) groups is 1. The zero-order chi connectivity index (χ0) is 32.5. The molecule has 0 amide bonds. The van der Waals surface area contributed by atoms with E-state index in [0.717, 1.165) is 0 Å². The van der Waals surface area contributed by atoms with Gasteiger partial charge < -0.3 is 19.2 Å². The van der Waals surface area contributed by atoms with Crippen LogP contribution in [0.5, 0.6) is 5.88 Å². The summed E-state index contributed by atoms with van der Waals surface area (Å²) in [6.45, 7) is 4.25. The van der Waals surface area contributed by atoms with Gasteiger partial charge in [-0.1, -0.05) is 25.0 Å². The highest BCUT2D eigenvalue weighted by molar-refractivity contribution is 7.92. The fourth-order valence-corrected chi connectivity index (χ4v) is 8.07. The number of hydrogen-bond acceptors (Lipinski definition) is 9. The summed E-state index contributed by atoms with van der Waals surface area (Å²) >= 11 is 0. The molecule has 0 aliphatic carbocycles. The lowest BCUT2D eigenvalue weighted by molar-refractivity contribution is -0.138. The molecule has 0 radical (unpaired) electrons. The molecule has 2 fully saturated rings. The van der Waals surface area contributed by atoms with Gasteiger partial charge in [-0.3, -0.25) is 0 Å². The standard InChI is InChI=1S/C31H29F3N4O6S/c1-5-17-10-20(31(34)15-30(3,4)45(41,42)14-16(31)2)28(35-12-17)43-18-11-21(29(39)40)38(13-18)27-24-23(36-26(37-27)25(32)33)19-8-6-7-9-22(19)44-24/h1,6-10,12,16,18,21,25H,11,13-15H2,2-4H3,(H,39,40)/t16-,18-,21-,31+/m0/s1. The monoisotopic (exact) mass is 642 g/mol. The molecule has 14 heteroatoms. The number of carboxylic acids is 1. The summed E-state index contributed by atoms with van der Waals surface area (Å²) < 4.78 is 81.3. The maximum atomic E-state index is 17.1. The molecule has 1 N–H and O–H groups in total. The number of sulfone groups is 1. The van der Waals surface area contributed by atoms with Crippen LogP contribution in [0.1, 0.15) is 57.0 Å². The summed E-state index contributed by atoms with van der Waals surface area (Å²) in [4.78, 5) is 26.0. The highest BCUT2D eigenvalue weighted by Gasteiger charge is 2.55. The maximum absolute atomic E-state index is 17.1. The maximum Gasteiger partial charge on any atom is 0.326 e. The summed E-state index contributed by atoms with van der Waals surface area (Å²) in [6, 6.07) is 6.78. The summed E-state index contributed by atoms with van der Waals surface area (Å²) in [5, 5.41) is 10.6. The van der Waals surface area contributed by atoms with Crippen LogP contribution in [0, 0.1) is 18.3 Å². The van der Waals surface area contributed by atoms with Gasteiger partial charge in [0.05, 0.1) is 22.6 Å². The van der Waals surface area contributed by atoms with Gasteiger partial charge in [0.25, 0.3) is 6.43 Å². The Hall–Kier alpha value is -4.38. The number of ether oxygens (including phenoxy) is 1. The van der Waals surface area contributed by atoms with Crippen molar-refractivity contribution >= 4 is 43.7 Å². The van der Waals surface area contributed by atoms with E-state index in [9.17, 15) is 27.1 Å². The number of aromatic nitrogens is 3. The molecule has 2 aliphatic heterocycles. The third-order valence-corrected chi connectivity index (χ3v) is 11.5. The summed E-state index contributed by atoms with van der Waals surface area (Å²) in [5.74, 6) is -1.35. The van der Waals surface area contributed by atoms with Crippen molar-refractivity contribution in [2.24, 2.45) is 5.92 Å². The zero-order valence-electron chi connectivity index (χ0n) is 24.5. The molecule has 4 aromatic rings. The number of anilines is 1. The second-order valence-corrected chi connectivity index (χ2v) is 14.8. The van der Waals surface area contributed by atoms with Crippen LogP contribution in [0.15, 0.2) is 40.9 Å². The molecule has 10 nitrogen and oxygen atoms in total. The van der Waals surface area contributed by atoms with Crippen LogP contribution in [0.25, 0.3) is 22.1 Å². The van der Waals surface area contributed by atoms with Crippen molar-refractivity contribution in [3.05, 3.63) is 53.5 Å². The molecule has 45 heavy (non-hydrogen) atoms. The Labute approximate surface area is 256 Å². The molecule has 4 atom stereocenters. The van der Waals surface area contributed by atoms with E-state index >= 15 is 4.39 Å². The average molecular weight is 643 g/mol. The molecule has 3 aromatic heterocycles. The van der Waals surface area contributed by atoms with Crippen LogP contribution >= 0.6 is 0 Å². The first-order valence-electron chi connectivity index (χ1n) is 14.2. The van der Waals surface area contributed by atoms with Crippen molar-refractivity contribution in [1.82, 2.24) is 15.0 Å². The van der Waals surface area contributed by atoms with E-state index in [1.54, 1.807) is 24.3 Å². The van der Waals surface area contributed by atoms with Gasteiger partial charge in [-0.2, -0.15) is 0 Å².